The highest BCUT2D eigenvalue weighted by Gasteiger charge is 2.30. The smallest absolute Gasteiger partial charge is 0.243 e. The third kappa shape index (κ3) is 13.0. The van der Waals surface area contributed by atoms with Gasteiger partial charge in [0.25, 0.3) is 0 Å². The van der Waals surface area contributed by atoms with E-state index < -0.39 is 47.8 Å². The van der Waals surface area contributed by atoms with Crippen LogP contribution in [0.4, 0.5) is 0 Å². The van der Waals surface area contributed by atoms with Crippen molar-refractivity contribution in [3.05, 3.63) is 64.7 Å². The molecule has 4 atom stereocenters. The van der Waals surface area contributed by atoms with Crippen molar-refractivity contribution in [2.24, 2.45) is 22.9 Å². The molecule has 0 aliphatic heterocycles. The Hall–Kier alpha value is -4.27. The van der Waals surface area contributed by atoms with Crippen LogP contribution in [0.25, 0.3) is 0 Å². The number of aryl methyl sites for hydroxylation is 2. The molecule has 13 nitrogen and oxygen atoms in total. The van der Waals surface area contributed by atoms with Crippen molar-refractivity contribution in [1.29, 1.82) is 0 Å². The molecule has 0 aliphatic carbocycles. The van der Waals surface area contributed by atoms with Crippen LogP contribution in [-0.2, 0) is 32.0 Å². The number of phenolic OH excluding ortho intramolecular Hbond substituents is 1. The van der Waals surface area contributed by atoms with E-state index in [1.54, 1.807) is 12.1 Å². The quantitative estimate of drug-likeness (QED) is 0.0713. The topological polar surface area (TPSA) is 241 Å². The number of amides is 4. The number of nitrogens with two attached hydrogens (primary N) is 4. The predicted molar refractivity (Wildman–Crippen MR) is 181 cm³/mol. The molecule has 46 heavy (non-hydrogen) atoms. The molecule has 0 bridgehead atoms. The summed E-state index contributed by atoms with van der Waals surface area (Å²) in [6.07, 6.45) is 2.42. The molecule has 0 spiro atoms. The second-order valence-electron chi connectivity index (χ2n) is 11.4. The van der Waals surface area contributed by atoms with Gasteiger partial charge in [-0.1, -0.05) is 30.3 Å². The number of thiocarbonyl (C=S) groups is 1. The maximum Gasteiger partial charge on any atom is 0.243 e. The van der Waals surface area contributed by atoms with Gasteiger partial charge < -0.3 is 49.3 Å². The van der Waals surface area contributed by atoms with E-state index in [1.165, 1.54) is 0 Å². The van der Waals surface area contributed by atoms with Crippen molar-refractivity contribution < 1.29 is 24.3 Å². The molecule has 0 saturated carbocycles. The number of unbranched alkanes of at least 4 members (excludes halogenated alkanes) is 1. The fourth-order valence-corrected chi connectivity index (χ4v) is 5.15. The van der Waals surface area contributed by atoms with Gasteiger partial charge >= 0.3 is 0 Å². The van der Waals surface area contributed by atoms with Crippen LogP contribution in [0.15, 0.2) is 42.5 Å². The van der Waals surface area contributed by atoms with Crippen LogP contribution in [0.5, 0.6) is 5.75 Å². The van der Waals surface area contributed by atoms with E-state index >= 15 is 0 Å². The lowest BCUT2D eigenvalue weighted by atomic mass is 9.95. The molecule has 2 rings (SSSR count). The van der Waals surface area contributed by atoms with Crippen LogP contribution in [0.2, 0.25) is 0 Å². The molecule has 2 aromatic rings. The molecule has 252 valence electrons. The minimum Gasteiger partial charge on any atom is -0.508 e. The van der Waals surface area contributed by atoms with Crippen LogP contribution in [-0.4, -0.2) is 71.1 Å². The number of hydrogen-bond acceptors (Lipinski definition) is 8. The number of carbonyl (C=O) groups excluding carboxylic acids is 4. The molecular formula is C32H48N8O5S. The molecule has 0 heterocycles. The third-order valence-electron chi connectivity index (χ3n) is 7.57. The van der Waals surface area contributed by atoms with E-state index in [1.807, 2.05) is 44.2 Å². The zero-order valence-electron chi connectivity index (χ0n) is 26.5. The average molecular weight is 657 g/mol. The van der Waals surface area contributed by atoms with Crippen LogP contribution in [0.3, 0.4) is 0 Å². The number of rotatable bonds is 19. The molecule has 0 aromatic heterocycles. The molecule has 0 aliphatic rings. The fraction of sp³-hybridized carbons (Fsp3) is 0.469. The van der Waals surface area contributed by atoms with Crippen LogP contribution in [0.1, 0.15) is 54.4 Å². The van der Waals surface area contributed by atoms with Crippen molar-refractivity contribution in [3.8, 4) is 5.75 Å². The number of phenols is 1. The summed E-state index contributed by atoms with van der Waals surface area (Å²) in [5.74, 6) is -2.34. The van der Waals surface area contributed by atoms with Gasteiger partial charge in [0.05, 0.1) is 6.04 Å². The summed E-state index contributed by atoms with van der Waals surface area (Å²) in [6.45, 7) is 4.42. The number of aromatic hydroxyl groups is 1. The molecule has 14 heteroatoms. The number of carbonyl (C=O) groups is 4. The van der Waals surface area contributed by atoms with Gasteiger partial charge in [-0.05, 0) is 106 Å². The first-order valence-corrected chi connectivity index (χ1v) is 15.8. The summed E-state index contributed by atoms with van der Waals surface area (Å²) >= 11 is 4.86. The van der Waals surface area contributed by atoms with Gasteiger partial charge in [-0.2, -0.15) is 0 Å². The standard InChI is InChI=1S/C32H48N8O5S/c1-19-15-22(41)16-20(2)23(19)18-24(34)29(43)39-26(12-8-14-37-32(36)46)30(44)40-27(17-21-9-4-3-5-10-21)31(45)38-25(28(35)42)11-6-7-13-33/h3-5,9-10,15-16,24-27,41H,6-8,11-14,17-18,33-34H2,1-2H3,(H2,35,42)(H,38,45)(H,39,43)(H,40,44)(H3,36,37,46)/t24-,25-,26+,27-/m0/s1. The Bertz CT molecular complexity index is 1320. The Balaban J connectivity index is 2.26. The van der Waals surface area contributed by atoms with Crippen molar-refractivity contribution >= 4 is 41.0 Å². The number of primary amides is 1. The predicted octanol–water partition coefficient (Wildman–Crippen LogP) is -0.196. The van der Waals surface area contributed by atoms with E-state index in [-0.39, 0.29) is 30.1 Å². The highest BCUT2D eigenvalue weighted by molar-refractivity contribution is 7.80. The van der Waals surface area contributed by atoms with Gasteiger partial charge in [0.1, 0.15) is 23.9 Å². The van der Waals surface area contributed by atoms with Crippen LogP contribution < -0.4 is 44.2 Å². The Labute approximate surface area is 275 Å². The molecule has 0 saturated heterocycles. The van der Waals surface area contributed by atoms with E-state index in [9.17, 15) is 24.3 Å². The first-order chi connectivity index (χ1) is 21.8. The SMILES string of the molecule is Cc1cc(O)cc(C)c1C[C@H](N)C(=O)N[C@H](CCCNC(N)=S)C(=O)N[C@@H](Cc1ccccc1)C(=O)N[C@@H](CCCCN)C(N)=O. The second kappa shape index (κ2) is 19.3. The van der Waals surface area contributed by atoms with Crippen molar-refractivity contribution in [2.45, 2.75) is 83.0 Å². The van der Waals surface area contributed by atoms with Gasteiger partial charge in [-0.3, -0.25) is 19.2 Å². The summed E-state index contributed by atoms with van der Waals surface area (Å²) in [4.78, 5) is 52.6. The van der Waals surface area contributed by atoms with Gasteiger partial charge in [-0.25, -0.2) is 0 Å². The second-order valence-corrected chi connectivity index (χ2v) is 11.8. The van der Waals surface area contributed by atoms with E-state index in [2.05, 4.69) is 21.3 Å². The lowest BCUT2D eigenvalue weighted by molar-refractivity contribution is -0.133. The fourth-order valence-electron chi connectivity index (χ4n) is 5.05. The Morgan fingerprint density at radius 1 is 0.804 bits per heavy atom. The molecule has 2 aromatic carbocycles. The van der Waals surface area contributed by atoms with Gasteiger partial charge in [0.2, 0.25) is 23.6 Å². The lowest BCUT2D eigenvalue weighted by Crippen LogP contribution is -2.58. The number of benzene rings is 2. The normalized spacial score (nSPS) is 13.5. The minimum absolute atomic E-state index is 0.0989. The van der Waals surface area contributed by atoms with Gasteiger partial charge in [-0.15, -0.1) is 0 Å². The minimum atomic E-state index is -1.09. The Morgan fingerprint density at radius 2 is 1.37 bits per heavy atom. The van der Waals surface area contributed by atoms with E-state index in [0.29, 0.717) is 38.8 Å². The van der Waals surface area contributed by atoms with Gasteiger partial charge in [0, 0.05) is 13.0 Å². The highest BCUT2D eigenvalue weighted by atomic mass is 32.1. The largest absolute Gasteiger partial charge is 0.508 e. The summed E-state index contributed by atoms with van der Waals surface area (Å²) in [7, 11) is 0. The summed E-state index contributed by atoms with van der Waals surface area (Å²) < 4.78 is 0. The average Bonchev–Trinajstić information content (AvgIpc) is 2.99. The molecule has 0 unspecified atom stereocenters. The molecule has 0 radical (unpaired) electrons. The van der Waals surface area contributed by atoms with Gasteiger partial charge in [0.15, 0.2) is 5.11 Å². The van der Waals surface area contributed by atoms with Crippen molar-refractivity contribution in [1.82, 2.24) is 21.3 Å². The number of hydrogen-bond donors (Lipinski definition) is 9. The summed E-state index contributed by atoms with van der Waals surface area (Å²) in [5, 5.41) is 21.0. The van der Waals surface area contributed by atoms with Crippen LogP contribution in [0, 0.1) is 13.8 Å². The first kappa shape index (κ1) is 37.9. The Kier molecular flexibility index (Phi) is 15.9. The highest BCUT2D eigenvalue weighted by Crippen LogP contribution is 2.22. The van der Waals surface area contributed by atoms with Crippen molar-refractivity contribution in [3.63, 3.8) is 0 Å². The molecule has 13 N–H and O–H groups in total. The maximum absolute atomic E-state index is 13.7. The maximum atomic E-state index is 13.7. The third-order valence-corrected chi connectivity index (χ3v) is 7.71. The van der Waals surface area contributed by atoms with Crippen molar-refractivity contribution in [2.75, 3.05) is 13.1 Å². The molecular weight excluding hydrogens is 608 g/mol. The van der Waals surface area contributed by atoms with E-state index in [4.69, 9.17) is 35.2 Å². The summed E-state index contributed by atoms with van der Waals surface area (Å²) in [6, 6.07) is 8.17. The first-order valence-electron chi connectivity index (χ1n) is 15.3. The monoisotopic (exact) mass is 656 g/mol. The van der Waals surface area contributed by atoms with E-state index in [0.717, 1.165) is 22.3 Å². The number of nitrogens with one attached hydrogen (secondary N) is 4. The Morgan fingerprint density at radius 3 is 1.96 bits per heavy atom. The molecule has 0 fully saturated rings. The summed E-state index contributed by atoms with van der Waals surface area (Å²) in [5.41, 5.74) is 26.1. The zero-order valence-corrected chi connectivity index (χ0v) is 27.3. The lowest BCUT2D eigenvalue weighted by Gasteiger charge is -2.26. The zero-order chi connectivity index (χ0) is 34.2. The van der Waals surface area contributed by atoms with Crippen LogP contribution >= 0.6 is 12.2 Å². The molecule has 4 amide bonds.